The minimum absolute atomic E-state index is 0. The summed E-state index contributed by atoms with van der Waals surface area (Å²) in [6.07, 6.45) is 2.17. The van der Waals surface area contributed by atoms with Crippen molar-refractivity contribution in [1.29, 1.82) is 0 Å². The van der Waals surface area contributed by atoms with Crippen LogP contribution in [0.2, 0.25) is 0 Å². The van der Waals surface area contributed by atoms with E-state index in [0.29, 0.717) is 5.92 Å². The molecule has 0 aliphatic heterocycles. The van der Waals surface area contributed by atoms with Crippen LogP contribution in [0.4, 0.5) is 0 Å². The molecule has 1 aromatic rings. The van der Waals surface area contributed by atoms with Gasteiger partial charge in [-0.3, -0.25) is 0 Å². The van der Waals surface area contributed by atoms with Crippen LogP contribution in [0.25, 0.3) is 0 Å². The summed E-state index contributed by atoms with van der Waals surface area (Å²) >= 11 is 0. The number of hydrogen-bond donors (Lipinski definition) is 0. The standard InChI is InChI=1S/C10H12.3V/c1-3-9(2)10-7-5-4-6-8-10;;;/h3-7,9H,1-2H3;;;/q-2;;;+2/t9-;;;/m1.../s1. The van der Waals surface area contributed by atoms with Crippen LogP contribution >= 0.6 is 0 Å². The van der Waals surface area contributed by atoms with E-state index in [1.54, 1.807) is 0 Å². The number of benzene rings is 1. The van der Waals surface area contributed by atoms with Crippen LogP contribution in [0.15, 0.2) is 24.3 Å². The summed E-state index contributed by atoms with van der Waals surface area (Å²) in [4.78, 5) is 0. The monoisotopic (exact) mass is 285 g/mol. The van der Waals surface area contributed by atoms with Gasteiger partial charge in [0.15, 0.2) is 0 Å². The second-order valence-electron chi connectivity index (χ2n) is 2.44. The van der Waals surface area contributed by atoms with Crippen molar-refractivity contribution >= 4 is 0 Å². The second kappa shape index (κ2) is 11.1. The molecule has 0 N–H and O–H groups in total. The zero-order chi connectivity index (χ0) is 7.40. The third-order valence-electron chi connectivity index (χ3n) is 1.72. The summed E-state index contributed by atoms with van der Waals surface area (Å²) in [6.45, 7) is 4.25. The first kappa shape index (κ1) is 19.5. The van der Waals surface area contributed by atoms with Gasteiger partial charge in [-0.25, -0.2) is 0 Å². The van der Waals surface area contributed by atoms with E-state index >= 15 is 0 Å². The van der Waals surface area contributed by atoms with Gasteiger partial charge in [-0.2, -0.15) is 48.7 Å². The predicted octanol–water partition coefficient (Wildman–Crippen LogP) is 2.81. The molecule has 1 atom stereocenters. The maximum absolute atomic E-state index is 3.19. The Labute approximate surface area is 117 Å². The maximum atomic E-state index is 3.19. The molecule has 0 saturated carbocycles. The van der Waals surface area contributed by atoms with E-state index in [9.17, 15) is 0 Å². The van der Waals surface area contributed by atoms with Crippen LogP contribution in [0.1, 0.15) is 25.3 Å². The van der Waals surface area contributed by atoms with Gasteiger partial charge < -0.3 is 6.42 Å². The molecule has 0 aliphatic carbocycles. The summed E-state index contributed by atoms with van der Waals surface area (Å²) in [6, 6.07) is 11.3. The predicted molar refractivity (Wildman–Crippen MR) is 43.7 cm³/mol. The first-order valence-electron chi connectivity index (χ1n) is 3.60. The van der Waals surface area contributed by atoms with Crippen LogP contribution in [-0.2, 0) is 55.7 Å². The van der Waals surface area contributed by atoms with Crippen molar-refractivity contribution < 1.29 is 55.7 Å². The van der Waals surface area contributed by atoms with Gasteiger partial charge in [0, 0.05) is 37.1 Å². The van der Waals surface area contributed by atoms with E-state index in [4.69, 9.17) is 0 Å². The van der Waals surface area contributed by atoms with E-state index < -0.39 is 0 Å². The topological polar surface area (TPSA) is 0 Å². The molecule has 0 fully saturated rings. The molecule has 3 radical (unpaired) electrons. The van der Waals surface area contributed by atoms with Crippen molar-refractivity contribution in [1.82, 2.24) is 0 Å². The third kappa shape index (κ3) is 6.97. The molecule has 13 heavy (non-hydrogen) atoms. The average molecular weight is 285 g/mol. The molecule has 0 spiro atoms. The average Bonchev–Trinajstić information content (AvgIpc) is 2.05. The molecular formula is C10H12V3. The minimum atomic E-state index is 0. The molecule has 3 heteroatoms. The van der Waals surface area contributed by atoms with Gasteiger partial charge in [-0.05, 0) is 0 Å². The number of hydrogen-bond acceptors (Lipinski definition) is 0. The summed E-state index contributed by atoms with van der Waals surface area (Å²) in [5.74, 6) is 0.529. The Morgan fingerprint density at radius 3 is 2.31 bits per heavy atom. The van der Waals surface area contributed by atoms with Crippen LogP contribution in [-0.4, -0.2) is 0 Å². The van der Waals surface area contributed by atoms with Crippen LogP contribution < -0.4 is 0 Å². The van der Waals surface area contributed by atoms with E-state index in [2.05, 4.69) is 32.4 Å². The van der Waals surface area contributed by atoms with Crippen molar-refractivity contribution in [2.45, 2.75) is 19.8 Å². The van der Waals surface area contributed by atoms with Gasteiger partial charge >= 0.3 is 18.6 Å². The Bertz CT molecular complexity index is 187. The Hall–Kier alpha value is 0.973. The maximum Gasteiger partial charge on any atom is 2.00 e. The molecule has 0 aromatic heterocycles. The van der Waals surface area contributed by atoms with Gasteiger partial charge in [-0.15, -0.1) is 0 Å². The Morgan fingerprint density at radius 2 is 1.92 bits per heavy atom. The van der Waals surface area contributed by atoms with E-state index in [1.807, 2.05) is 18.2 Å². The molecule has 1 aromatic carbocycles. The molecule has 0 unspecified atom stereocenters. The summed E-state index contributed by atoms with van der Waals surface area (Å²) < 4.78 is 0. The SMILES string of the molecule is C[CH-][C@@H](C)c1[c-]cccc1.[V+2].[V].[V]. The first-order chi connectivity index (χ1) is 4.84. The molecule has 0 amide bonds. The molecule has 0 nitrogen and oxygen atoms in total. The Kier molecular flexibility index (Phi) is 16.6. The third-order valence-corrected chi connectivity index (χ3v) is 1.72. The van der Waals surface area contributed by atoms with Gasteiger partial charge in [0.1, 0.15) is 0 Å². The Balaban J connectivity index is -0.000000333. The Morgan fingerprint density at radius 1 is 1.31 bits per heavy atom. The molecule has 0 bridgehead atoms. The fourth-order valence-electron chi connectivity index (χ4n) is 0.870. The fraction of sp³-hybridized carbons (Fsp3) is 0.300. The van der Waals surface area contributed by atoms with E-state index in [-0.39, 0.29) is 55.7 Å². The normalized spacial score (nSPS) is 10.0. The summed E-state index contributed by atoms with van der Waals surface area (Å²) in [5, 5.41) is 0. The number of rotatable bonds is 2. The van der Waals surface area contributed by atoms with Crippen LogP contribution in [0.3, 0.4) is 0 Å². The van der Waals surface area contributed by atoms with Crippen molar-refractivity contribution in [2.75, 3.05) is 0 Å². The zero-order valence-corrected chi connectivity index (χ0v) is 12.0. The summed E-state index contributed by atoms with van der Waals surface area (Å²) in [7, 11) is 0. The molecule has 0 saturated heterocycles. The van der Waals surface area contributed by atoms with Crippen molar-refractivity contribution in [2.24, 2.45) is 0 Å². The largest absolute Gasteiger partial charge is 2.00 e. The quantitative estimate of drug-likeness (QED) is 0.733. The first-order valence-corrected chi connectivity index (χ1v) is 3.60. The molecule has 67 valence electrons. The molecular weight excluding hydrogens is 273 g/mol. The van der Waals surface area contributed by atoms with Gasteiger partial charge in [0.2, 0.25) is 0 Å². The smallest absolute Gasteiger partial charge is 0.326 e. The molecule has 0 aliphatic rings. The van der Waals surface area contributed by atoms with Crippen molar-refractivity contribution in [3.8, 4) is 0 Å². The van der Waals surface area contributed by atoms with Gasteiger partial charge in [0.05, 0.1) is 0 Å². The fourth-order valence-corrected chi connectivity index (χ4v) is 0.870. The van der Waals surface area contributed by atoms with Crippen LogP contribution in [0, 0.1) is 12.5 Å². The molecule has 0 heterocycles. The van der Waals surface area contributed by atoms with Crippen LogP contribution in [0.5, 0.6) is 0 Å². The zero-order valence-electron chi connectivity index (χ0n) is 7.81. The van der Waals surface area contributed by atoms with Crippen molar-refractivity contribution in [3.05, 3.63) is 42.3 Å². The van der Waals surface area contributed by atoms with Gasteiger partial charge in [-0.1, -0.05) is 6.92 Å². The summed E-state index contributed by atoms with van der Waals surface area (Å²) in [5.41, 5.74) is 1.27. The second-order valence-corrected chi connectivity index (χ2v) is 2.44. The van der Waals surface area contributed by atoms with E-state index in [1.165, 1.54) is 5.56 Å². The van der Waals surface area contributed by atoms with E-state index in [0.717, 1.165) is 0 Å². The van der Waals surface area contributed by atoms with Crippen molar-refractivity contribution in [3.63, 3.8) is 0 Å². The van der Waals surface area contributed by atoms with Gasteiger partial charge in [0.25, 0.3) is 0 Å². The molecule has 1 rings (SSSR count). The minimum Gasteiger partial charge on any atom is -0.326 e.